The van der Waals surface area contributed by atoms with Gasteiger partial charge in [0.05, 0.1) is 32.0 Å². The number of rotatable bonds is 8. The fraction of sp³-hybridized carbons (Fsp3) is 0.357. The Labute approximate surface area is 195 Å². The van der Waals surface area contributed by atoms with E-state index < -0.39 is 5.60 Å². The number of benzene rings is 3. The molecule has 0 amide bonds. The van der Waals surface area contributed by atoms with Crippen molar-refractivity contribution in [1.82, 2.24) is 0 Å². The van der Waals surface area contributed by atoms with Crippen LogP contribution in [0.2, 0.25) is 5.02 Å². The molecule has 3 aromatic carbocycles. The lowest BCUT2D eigenvalue weighted by Gasteiger charge is -2.40. The van der Waals surface area contributed by atoms with E-state index in [4.69, 9.17) is 25.8 Å². The van der Waals surface area contributed by atoms with Gasteiger partial charge in [-0.25, -0.2) is 0 Å². The van der Waals surface area contributed by atoms with Gasteiger partial charge in [0.2, 0.25) is 0 Å². The van der Waals surface area contributed by atoms with Crippen molar-refractivity contribution in [3.05, 3.63) is 101 Å². The van der Waals surface area contributed by atoms with E-state index in [1.165, 1.54) is 11.1 Å². The maximum Gasteiger partial charge on any atom is 0.118 e. The highest BCUT2D eigenvalue weighted by Gasteiger charge is 2.74. The van der Waals surface area contributed by atoms with Crippen molar-refractivity contribution in [2.75, 3.05) is 20.3 Å². The van der Waals surface area contributed by atoms with Crippen LogP contribution in [0.3, 0.4) is 0 Å². The molecule has 1 saturated carbocycles. The maximum atomic E-state index is 6.71. The molecule has 3 aromatic rings. The summed E-state index contributed by atoms with van der Waals surface area (Å²) in [5.74, 6) is 1.33. The molecule has 1 aliphatic heterocycles. The van der Waals surface area contributed by atoms with Crippen LogP contribution >= 0.6 is 11.6 Å². The second-order valence-corrected chi connectivity index (χ2v) is 9.49. The van der Waals surface area contributed by atoms with Gasteiger partial charge in [-0.15, -0.1) is 0 Å². The summed E-state index contributed by atoms with van der Waals surface area (Å²) in [5.41, 5.74) is 3.08. The smallest absolute Gasteiger partial charge is 0.118 e. The van der Waals surface area contributed by atoms with Crippen molar-refractivity contribution in [1.29, 1.82) is 0 Å². The van der Waals surface area contributed by atoms with Gasteiger partial charge in [0.15, 0.2) is 0 Å². The van der Waals surface area contributed by atoms with Crippen molar-refractivity contribution < 1.29 is 14.2 Å². The van der Waals surface area contributed by atoms with E-state index in [1.54, 1.807) is 7.11 Å². The molecule has 1 saturated heterocycles. The average molecular weight is 449 g/mol. The van der Waals surface area contributed by atoms with Crippen molar-refractivity contribution in [2.24, 2.45) is 11.3 Å². The summed E-state index contributed by atoms with van der Waals surface area (Å²) < 4.78 is 18.6. The molecule has 0 unspecified atom stereocenters. The van der Waals surface area contributed by atoms with Gasteiger partial charge in [-0.1, -0.05) is 66.2 Å². The molecule has 0 aromatic heterocycles. The summed E-state index contributed by atoms with van der Waals surface area (Å²) in [5, 5.41) is 0.738. The number of fused-ring (bicyclic) bond motifs is 1. The molecule has 3 nitrogen and oxygen atoms in total. The van der Waals surface area contributed by atoms with E-state index in [0.29, 0.717) is 12.5 Å². The van der Waals surface area contributed by atoms with Crippen LogP contribution in [0.25, 0.3) is 0 Å². The minimum absolute atomic E-state index is 0.0666. The second kappa shape index (κ2) is 8.55. The molecule has 4 atom stereocenters. The van der Waals surface area contributed by atoms with E-state index in [-0.39, 0.29) is 11.5 Å². The van der Waals surface area contributed by atoms with Crippen LogP contribution in [-0.4, -0.2) is 20.3 Å². The fourth-order valence-electron chi connectivity index (χ4n) is 5.49. The zero-order valence-electron chi connectivity index (χ0n) is 18.6. The van der Waals surface area contributed by atoms with Crippen molar-refractivity contribution in [3.8, 4) is 5.75 Å². The minimum atomic E-state index is -0.430. The quantitative estimate of drug-likeness (QED) is 0.388. The monoisotopic (exact) mass is 448 g/mol. The van der Waals surface area contributed by atoms with E-state index in [9.17, 15) is 0 Å². The van der Waals surface area contributed by atoms with Gasteiger partial charge in [-0.2, -0.15) is 0 Å². The molecule has 1 heterocycles. The van der Waals surface area contributed by atoms with Crippen molar-refractivity contribution in [3.63, 3.8) is 0 Å². The molecule has 2 fully saturated rings. The van der Waals surface area contributed by atoms with Crippen LogP contribution in [0.4, 0.5) is 0 Å². The topological polar surface area (TPSA) is 27.7 Å². The first-order valence-corrected chi connectivity index (χ1v) is 11.6. The first-order valence-electron chi connectivity index (χ1n) is 11.3. The third-order valence-corrected chi connectivity index (χ3v) is 7.67. The van der Waals surface area contributed by atoms with Crippen LogP contribution in [-0.2, 0) is 21.5 Å². The molecule has 4 heteroatoms. The maximum absolute atomic E-state index is 6.71. The highest BCUT2D eigenvalue weighted by atomic mass is 35.5. The molecule has 166 valence electrons. The number of ether oxygens (including phenoxy) is 3. The summed E-state index contributed by atoms with van der Waals surface area (Å²) in [6.07, 6.45) is 1.91. The molecule has 0 spiro atoms. The third kappa shape index (κ3) is 3.63. The van der Waals surface area contributed by atoms with Crippen LogP contribution < -0.4 is 4.74 Å². The molecular formula is C28H29ClO3. The third-order valence-electron chi connectivity index (χ3n) is 7.41. The van der Waals surface area contributed by atoms with E-state index in [1.807, 2.05) is 30.3 Å². The normalized spacial score (nSPS) is 27.0. The SMILES string of the molecule is COc1ccc([C@@]2(C)OC[C@H]3C[C@]32[C@H](OCCc2ccccc2)c2ccc(Cl)cc2)cc1. The lowest BCUT2D eigenvalue weighted by molar-refractivity contribution is -0.108. The number of hydrogen-bond acceptors (Lipinski definition) is 3. The van der Waals surface area contributed by atoms with Gasteiger partial charge in [-0.3, -0.25) is 0 Å². The minimum Gasteiger partial charge on any atom is -0.497 e. The first kappa shape index (κ1) is 21.5. The summed E-state index contributed by atoms with van der Waals surface area (Å²) in [6.45, 7) is 3.64. The van der Waals surface area contributed by atoms with E-state index in [0.717, 1.165) is 35.8 Å². The van der Waals surface area contributed by atoms with Crippen molar-refractivity contribution >= 4 is 11.6 Å². The van der Waals surface area contributed by atoms with Gasteiger partial charge >= 0.3 is 0 Å². The molecule has 1 aliphatic carbocycles. The molecular weight excluding hydrogens is 420 g/mol. The van der Waals surface area contributed by atoms with E-state index >= 15 is 0 Å². The summed E-state index contributed by atoms with van der Waals surface area (Å²) in [4.78, 5) is 0. The Balaban J connectivity index is 1.47. The Bertz CT molecular complexity index is 1050. The largest absolute Gasteiger partial charge is 0.497 e. The van der Waals surface area contributed by atoms with Crippen molar-refractivity contribution in [2.45, 2.75) is 31.5 Å². The van der Waals surface area contributed by atoms with Gasteiger partial charge in [-0.05, 0) is 66.6 Å². The molecule has 0 radical (unpaired) electrons. The zero-order chi connectivity index (χ0) is 22.2. The Morgan fingerprint density at radius 3 is 2.38 bits per heavy atom. The molecule has 0 bridgehead atoms. The van der Waals surface area contributed by atoms with Crippen LogP contribution in [0, 0.1) is 11.3 Å². The highest BCUT2D eigenvalue weighted by Crippen LogP contribution is 2.75. The lowest BCUT2D eigenvalue weighted by atomic mass is 9.74. The number of hydrogen-bond donors (Lipinski definition) is 0. The lowest BCUT2D eigenvalue weighted by Crippen LogP contribution is -2.38. The van der Waals surface area contributed by atoms with Gasteiger partial charge in [0, 0.05) is 10.4 Å². The van der Waals surface area contributed by atoms with Gasteiger partial charge < -0.3 is 14.2 Å². The number of halogens is 1. The summed E-state index contributed by atoms with van der Waals surface area (Å²) >= 11 is 6.21. The first-order chi connectivity index (χ1) is 15.6. The van der Waals surface area contributed by atoms with Crippen LogP contribution in [0.1, 0.15) is 36.1 Å². The van der Waals surface area contributed by atoms with Gasteiger partial charge in [0.25, 0.3) is 0 Å². The fourth-order valence-corrected chi connectivity index (χ4v) is 5.62. The average Bonchev–Trinajstić information content (AvgIpc) is 3.50. The number of methoxy groups -OCH3 is 1. The highest BCUT2D eigenvalue weighted by molar-refractivity contribution is 6.30. The zero-order valence-corrected chi connectivity index (χ0v) is 19.3. The molecule has 32 heavy (non-hydrogen) atoms. The summed E-state index contributed by atoms with van der Waals surface area (Å²) in [6, 6.07) is 26.9. The molecule has 5 rings (SSSR count). The standard InChI is InChI=1S/C28H29ClO3/c1-27(22-10-14-25(30-2)15-11-22)28(18-23(28)19-32-27)26(21-8-12-24(29)13-9-21)31-17-16-20-6-4-3-5-7-20/h3-15,23,26H,16-19H2,1-2H3/t23-,26-,27-,28-/m1/s1. The molecule has 0 N–H and O–H groups in total. The predicted molar refractivity (Wildman–Crippen MR) is 127 cm³/mol. The van der Waals surface area contributed by atoms with Crippen LogP contribution in [0.5, 0.6) is 5.75 Å². The summed E-state index contributed by atoms with van der Waals surface area (Å²) in [7, 11) is 1.69. The van der Waals surface area contributed by atoms with Gasteiger partial charge in [0.1, 0.15) is 5.75 Å². The second-order valence-electron chi connectivity index (χ2n) is 9.05. The predicted octanol–water partition coefficient (Wildman–Crippen LogP) is 6.60. The Morgan fingerprint density at radius 1 is 1.00 bits per heavy atom. The Hall–Kier alpha value is -2.33. The molecule has 2 aliphatic rings. The van der Waals surface area contributed by atoms with E-state index in [2.05, 4.69) is 55.5 Å². The Morgan fingerprint density at radius 2 is 1.72 bits per heavy atom. The Kier molecular flexibility index (Phi) is 5.75. The van der Waals surface area contributed by atoms with Crippen LogP contribution in [0.15, 0.2) is 78.9 Å².